The normalized spacial score (nSPS) is 32.2. The number of β-amino-alcohol motifs (C(OH)–C–C–N with tert-alkyl or cyclic N) is 1. The Hall–Kier alpha value is -1.89. The maximum atomic E-state index is 13.3. The van der Waals surface area contributed by atoms with Gasteiger partial charge in [0, 0.05) is 25.6 Å². The number of carbonyl (C=O) groups is 3. The predicted octanol–water partition coefficient (Wildman–Crippen LogP) is 1.22. The highest BCUT2D eigenvalue weighted by Crippen LogP contribution is 2.45. The molecule has 29 heavy (non-hydrogen) atoms. The van der Waals surface area contributed by atoms with Crippen LogP contribution in [0.5, 0.6) is 0 Å². The number of amides is 3. The first kappa shape index (κ1) is 21.8. The van der Waals surface area contributed by atoms with E-state index in [1.807, 2.05) is 12.2 Å². The number of allylic oxidation sites excluding steroid dienone is 1. The minimum atomic E-state index is -0.660. The SMILES string of the molecule is CCC[C@@H]1C=C[C@H]2[C@@H](C(=O)N(CCO)[C@@H]2C(=O)NC2CCCCC2)[C@@H]1C(=O)NC. The highest BCUT2D eigenvalue weighted by atomic mass is 16.3. The van der Waals surface area contributed by atoms with Gasteiger partial charge in [0.15, 0.2) is 0 Å². The maximum Gasteiger partial charge on any atom is 0.243 e. The molecule has 0 spiro atoms. The quantitative estimate of drug-likeness (QED) is 0.555. The summed E-state index contributed by atoms with van der Waals surface area (Å²) in [5.41, 5.74) is 0. The monoisotopic (exact) mass is 405 g/mol. The Morgan fingerprint density at radius 2 is 1.90 bits per heavy atom. The molecule has 2 aliphatic carbocycles. The van der Waals surface area contributed by atoms with Crippen LogP contribution in [0.3, 0.4) is 0 Å². The highest BCUT2D eigenvalue weighted by Gasteiger charge is 2.56. The second-order valence-corrected chi connectivity index (χ2v) is 8.62. The van der Waals surface area contributed by atoms with Gasteiger partial charge in [-0.05, 0) is 25.2 Å². The van der Waals surface area contributed by atoms with Gasteiger partial charge in [-0.3, -0.25) is 14.4 Å². The van der Waals surface area contributed by atoms with Gasteiger partial charge in [-0.2, -0.15) is 0 Å². The molecule has 2 fully saturated rings. The van der Waals surface area contributed by atoms with E-state index in [0.717, 1.165) is 38.5 Å². The molecule has 1 aliphatic heterocycles. The highest BCUT2D eigenvalue weighted by molar-refractivity contribution is 5.96. The van der Waals surface area contributed by atoms with Gasteiger partial charge in [-0.25, -0.2) is 0 Å². The largest absolute Gasteiger partial charge is 0.395 e. The Kier molecular flexibility index (Phi) is 7.33. The average Bonchev–Trinajstić information content (AvgIpc) is 3.00. The third kappa shape index (κ3) is 4.34. The second kappa shape index (κ2) is 9.74. The van der Waals surface area contributed by atoms with Gasteiger partial charge in [-0.1, -0.05) is 44.8 Å². The zero-order chi connectivity index (χ0) is 21.0. The summed E-state index contributed by atoms with van der Waals surface area (Å²) in [6, 6.07) is -0.510. The van der Waals surface area contributed by atoms with Crippen molar-refractivity contribution < 1.29 is 19.5 Å². The van der Waals surface area contributed by atoms with E-state index in [-0.39, 0.29) is 48.8 Å². The lowest BCUT2D eigenvalue weighted by atomic mass is 9.68. The summed E-state index contributed by atoms with van der Waals surface area (Å²) in [5, 5.41) is 15.4. The summed E-state index contributed by atoms with van der Waals surface area (Å²) in [6.07, 6.45) is 11.1. The van der Waals surface area contributed by atoms with Crippen molar-refractivity contribution >= 4 is 17.7 Å². The molecule has 0 bridgehead atoms. The van der Waals surface area contributed by atoms with Crippen molar-refractivity contribution in [3.63, 3.8) is 0 Å². The van der Waals surface area contributed by atoms with E-state index in [2.05, 4.69) is 17.6 Å². The number of fused-ring (bicyclic) bond motifs is 1. The van der Waals surface area contributed by atoms with Crippen LogP contribution in [0.1, 0.15) is 51.9 Å². The second-order valence-electron chi connectivity index (χ2n) is 8.62. The molecule has 7 nitrogen and oxygen atoms in total. The van der Waals surface area contributed by atoms with Crippen molar-refractivity contribution in [2.75, 3.05) is 20.2 Å². The van der Waals surface area contributed by atoms with E-state index < -0.39 is 17.9 Å². The number of rotatable bonds is 7. The third-order valence-electron chi connectivity index (χ3n) is 6.84. The molecule has 3 amide bonds. The minimum Gasteiger partial charge on any atom is -0.395 e. The number of likely N-dealkylation sites (tertiary alicyclic amines) is 1. The molecule has 0 aromatic heterocycles. The van der Waals surface area contributed by atoms with Gasteiger partial charge >= 0.3 is 0 Å². The first-order valence-electron chi connectivity index (χ1n) is 11.1. The fourth-order valence-corrected chi connectivity index (χ4v) is 5.51. The van der Waals surface area contributed by atoms with Crippen LogP contribution in [-0.2, 0) is 14.4 Å². The molecule has 1 saturated carbocycles. The van der Waals surface area contributed by atoms with E-state index in [0.29, 0.717) is 0 Å². The van der Waals surface area contributed by atoms with Gasteiger partial charge in [0.25, 0.3) is 0 Å². The zero-order valence-electron chi connectivity index (χ0n) is 17.6. The van der Waals surface area contributed by atoms with E-state index >= 15 is 0 Å². The fraction of sp³-hybridized carbons (Fsp3) is 0.773. The van der Waals surface area contributed by atoms with Gasteiger partial charge in [-0.15, -0.1) is 0 Å². The molecule has 5 atom stereocenters. The molecule has 0 aromatic rings. The summed E-state index contributed by atoms with van der Waals surface area (Å²) >= 11 is 0. The fourth-order valence-electron chi connectivity index (χ4n) is 5.51. The lowest BCUT2D eigenvalue weighted by Gasteiger charge is -2.34. The Bertz CT molecular complexity index is 644. The van der Waals surface area contributed by atoms with Crippen LogP contribution in [0.25, 0.3) is 0 Å². The van der Waals surface area contributed by atoms with E-state index in [1.165, 1.54) is 11.3 Å². The van der Waals surface area contributed by atoms with Gasteiger partial charge in [0.2, 0.25) is 17.7 Å². The molecule has 0 radical (unpaired) electrons. The van der Waals surface area contributed by atoms with Crippen molar-refractivity contribution in [3.05, 3.63) is 12.2 Å². The number of nitrogens with zero attached hydrogens (tertiary/aromatic N) is 1. The maximum absolute atomic E-state index is 13.3. The lowest BCUT2D eigenvalue weighted by molar-refractivity contribution is -0.141. The molecule has 3 rings (SSSR count). The first-order chi connectivity index (χ1) is 14.0. The molecule has 1 saturated heterocycles. The van der Waals surface area contributed by atoms with Crippen LogP contribution < -0.4 is 10.6 Å². The average molecular weight is 406 g/mol. The molecular weight excluding hydrogens is 370 g/mol. The van der Waals surface area contributed by atoms with Crippen molar-refractivity contribution in [1.29, 1.82) is 0 Å². The number of aliphatic hydroxyl groups excluding tert-OH is 1. The molecule has 3 N–H and O–H groups in total. The molecule has 3 aliphatic rings. The number of hydrogen-bond donors (Lipinski definition) is 3. The molecule has 0 aromatic carbocycles. The van der Waals surface area contributed by atoms with Crippen LogP contribution in [0.2, 0.25) is 0 Å². The van der Waals surface area contributed by atoms with Crippen LogP contribution in [0, 0.1) is 23.7 Å². The Balaban J connectivity index is 1.89. The summed E-state index contributed by atoms with van der Waals surface area (Å²) < 4.78 is 0. The molecule has 162 valence electrons. The van der Waals surface area contributed by atoms with Crippen molar-refractivity contribution in [3.8, 4) is 0 Å². The molecule has 7 heteroatoms. The lowest BCUT2D eigenvalue weighted by Crippen LogP contribution is -2.51. The molecular formula is C22H35N3O4. The van der Waals surface area contributed by atoms with Crippen molar-refractivity contribution in [2.45, 2.75) is 64.0 Å². The summed E-state index contributed by atoms with van der Waals surface area (Å²) in [4.78, 5) is 40.8. The van der Waals surface area contributed by atoms with Gasteiger partial charge in [0.05, 0.1) is 18.4 Å². The minimum absolute atomic E-state index is 0.0127. The number of hydrogen-bond acceptors (Lipinski definition) is 4. The number of carbonyl (C=O) groups excluding carboxylic acids is 3. The Morgan fingerprint density at radius 1 is 1.17 bits per heavy atom. The van der Waals surface area contributed by atoms with Crippen LogP contribution >= 0.6 is 0 Å². The van der Waals surface area contributed by atoms with Gasteiger partial charge in [0.1, 0.15) is 6.04 Å². The molecule has 0 unspecified atom stereocenters. The van der Waals surface area contributed by atoms with Crippen molar-refractivity contribution in [1.82, 2.24) is 15.5 Å². The summed E-state index contributed by atoms with van der Waals surface area (Å²) in [6.45, 7) is 1.97. The summed E-state index contributed by atoms with van der Waals surface area (Å²) in [5.74, 6) is -1.86. The van der Waals surface area contributed by atoms with Gasteiger partial charge < -0.3 is 20.6 Å². The van der Waals surface area contributed by atoms with Crippen molar-refractivity contribution in [2.24, 2.45) is 23.7 Å². The van der Waals surface area contributed by atoms with Crippen LogP contribution in [0.15, 0.2) is 12.2 Å². The first-order valence-corrected chi connectivity index (χ1v) is 11.1. The van der Waals surface area contributed by atoms with E-state index in [4.69, 9.17) is 0 Å². The number of nitrogens with one attached hydrogen (secondary N) is 2. The Morgan fingerprint density at radius 3 is 2.52 bits per heavy atom. The zero-order valence-corrected chi connectivity index (χ0v) is 17.6. The standard InChI is InChI=1S/C22H35N3O4/c1-3-7-14-10-11-16-18(17(14)20(27)23-2)22(29)25(12-13-26)19(16)21(28)24-15-8-5-4-6-9-15/h10-11,14-19,26H,3-9,12-13H2,1-2H3,(H,23,27)(H,24,28)/t14-,16+,17-,18-,19+/m1/s1. The topological polar surface area (TPSA) is 98.7 Å². The third-order valence-corrected chi connectivity index (χ3v) is 6.84. The van der Waals surface area contributed by atoms with E-state index in [1.54, 1.807) is 7.05 Å². The number of aliphatic hydroxyl groups is 1. The van der Waals surface area contributed by atoms with E-state index in [9.17, 15) is 19.5 Å². The summed E-state index contributed by atoms with van der Waals surface area (Å²) in [7, 11) is 1.59. The molecule has 1 heterocycles. The smallest absolute Gasteiger partial charge is 0.243 e. The predicted molar refractivity (Wildman–Crippen MR) is 110 cm³/mol. The van der Waals surface area contributed by atoms with Crippen LogP contribution in [-0.4, -0.2) is 60.0 Å². The van der Waals surface area contributed by atoms with Crippen LogP contribution in [0.4, 0.5) is 0 Å². The Labute approximate surface area is 173 Å².